The van der Waals surface area contributed by atoms with Crippen LogP contribution in [0.25, 0.3) is 16.9 Å². The van der Waals surface area contributed by atoms with Crippen LogP contribution in [0.3, 0.4) is 0 Å². The van der Waals surface area contributed by atoms with E-state index in [2.05, 4.69) is 42.1 Å². The van der Waals surface area contributed by atoms with E-state index in [9.17, 15) is 0 Å². The summed E-state index contributed by atoms with van der Waals surface area (Å²) < 4.78 is 3.80. The van der Waals surface area contributed by atoms with Crippen molar-refractivity contribution in [1.29, 1.82) is 0 Å². The minimum absolute atomic E-state index is 0.500. The van der Waals surface area contributed by atoms with E-state index in [1.165, 1.54) is 5.56 Å². The topological polar surface area (TPSA) is 61.7 Å². The Labute approximate surface area is 111 Å². The molecule has 5 heteroatoms. The first kappa shape index (κ1) is 11.8. The minimum Gasteiger partial charge on any atom is -0.369 e. The van der Waals surface area contributed by atoms with Crippen LogP contribution < -0.4 is 5.73 Å². The predicted octanol–water partition coefficient (Wildman–Crippen LogP) is 2.27. The second-order valence-electron chi connectivity index (χ2n) is 4.98. The van der Waals surface area contributed by atoms with Crippen LogP contribution in [-0.4, -0.2) is 19.3 Å². The Bertz CT molecular complexity index is 779. The van der Waals surface area contributed by atoms with E-state index in [0.29, 0.717) is 5.95 Å². The summed E-state index contributed by atoms with van der Waals surface area (Å²) in [5.74, 6) is 0.500. The lowest BCUT2D eigenvalue weighted by Gasteiger charge is -2.11. The van der Waals surface area contributed by atoms with Crippen molar-refractivity contribution in [3.05, 3.63) is 35.0 Å². The molecule has 19 heavy (non-hydrogen) atoms. The molecule has 0 atom stereocenters. The number of nitrogens with two attached hydrogens (primary N) is 1. The van der Waals surface area contributed by atoms with Crippen LogP contribution >= 0.6 is 0 Å². The number of aromatic nitrogens is 4. The molecule has 3 aromatic rings. The minimum atomic E-state index is 0.500. The first-order valence-electron chi connectivity index (χ1n) is 6.24. The van der Waals surface area contributed by atoms with Crippen LogP contribution in [0.2, 0.25) is 0 Å². The normalized spacial score (nSPS) is 11.4. The van der Waals surface area contributed by atoms with Crippen molar-refractivity contribution in [1.82, 2.24) is 19.3 Å². The summed E-state index contributed by atoms with van der Waals surface area (Å²) in [6.45, 7) is 6.09. The molecule has 0 bridgehead atoms. The third kappa shape index (κ3) is 1.62. The molecule has 0 aliphatic rings. The number of hydrogen-bond acceptors (Lipinski definition) is 3. The Morgan fingerprint density at radius 2 is 1.89 bits per heavy atom. The fourth-order valence-electron chi connectivity index (χ4n) is 2.49. The van der Waals surface area contributed by atoms with Crippen molar-refractivity contribution < 1.29 is 0 Å². The highest BCUT2D eigenvalue weighted by Gasteiger charge is 2.17. The van der Waals surface area contributed by atoms with Crippen LogP contribution in [0.4, 0.5) is 5.95 Å². The molecule has 5 nitrogen and oxygen atoms in total. The molecule has 0 amide bonds. The molecule has 98 valence electrons. The highest BCUT2D eigenvalue weighted by molar-refractivity contribution is 5.80. The molecule has 3 rings (SSSR count). The third-order valence-electron chi connectivity index (χ3n) is 3.43. The number of fused-ring (bicyclic) bond motifs is 1. The maximum Gasteiger partial charge on any atom is 0.207 e. The largest absolute Gasteiger partial charge is 0.369 e. The Kier molecular flexibility index (Phi) is 2.38. The molecular formula is C14H17N5. The number of anilines is 1. The first-order chi connectivity index (χ1) is 8.99. The molecule has 0 spiro atoms. The van der Waals surface area contributed by atoms with Crippen molar-refractivity contribution in [2.24, 2.45) is 7.05 Å². The van der Waals surface area contributed by atoms with Crippen molar-refractivity contribution in [3.63, 3.8) is 0 Å². The summed E-state index contributed by atoms with van der Waals surface area (Å²) in [5, 5.41) is 4.41. The zero-order chi connectivity index (χ0) is 13.7. The second kappa shape index (κ2) is 3.85. The van der Waals surface area contributed by atoms with Gasteiger partial charge in [-0.05, 0) is 38.0 Å². The Morgan fingerprint density at radius 1 is 1.16 bits per heavy atom. The fraction of sp³-hybridized carbons (Fsp3) is 0.286. The van der Waals surface area contributed by atoms with Gasteiger partial charge >= 0.3 is 0 Å². The summed E-state index contributed by atoms with van der Waals surface area (Å²) in [5.41, 5.74) is 12.2. The van der Waals surface area contributed by atoms with Crippen LogP contribution in [-0.2, 0) is 7.05 Å². The molecule has 1 aromatic carbocycles. The third-order valence-corrected chi connectivity index (χ3v) is 3.43. The van der Waals surface area contributed by atoms with Gasteiger partial charge in [0.25, 0.3) is 0 Å². The SMILES string of the molecule is Cc1ccc(C)c(-n2c(N)nc3c(C)nn(C)c32)c1. The van der Waals surface area contributed by atoms with Gasteiger partial charge in [-0.3, -0.25) is 4.57 Å². The number of hydrogen-bond donors (Lipinski definition) is 1. The molecule has 0 aliphatic carbocycles. The van der Waals surface area contributed by atoms with Gasteiger partial charge in [0.05, 0.1) is 11.4 Å². The molecule has 2 aromatic heterocycles. The quantitative estimate of drug-likeness (QED) is 0.725. The van der Waals surface area contributed by atoms with E-state index in [4.69, 9.17) is 5.73 Å². The van der Waals surface area contributed by atoms with Crippen LogP contribution in [0.15, 0.2) is 18.2 Å². The number of nitrogen functional groups attached to an aromatic ring is 1. The average molecular weight is 255 g/mol. The smallest absolute Gasteiger partial charge is 0.207 e. The molecule has 0 fully saturated rings. The average Bonchev–Trinajstić information content (AvgIpc) is 2.81. The maximum atomic E-state index is 6.10. The van der Waals surface area contributed by atoms with Gasteiger partial charge in [-0.2, -0.15) is 5.10 Å². The number of benzene rings is 1. The number of rotatable bonds is 1. The Hall–Kier alpha value is -2.30. The van der Waals surface area contributed by atoms with E-state index >= 15 is 0 Å². The zero-order valence-corrected chi connectivity index (χ0v) is 11.6. The maximum absolute atomic E-state index is 6.10. The number of aryl methyl sites for hydroxylation is 4. The fourth-order valence-corrected chi connectivity index (χ4v) is 2.49. The van der Waals surface area contributed by atoms with Crippen molar-refractivity contribution in [3.8, 4) is 5.69 Å². The zero-order valence-electron chi connectivity index (χ0n) is 11.6. The second-order valence-corrected chi connectivity index (χ2v) is 4.98. The van der Waals surface area contributed by atoms with Crippen LogP contribution in [0, 0.1) is 20.8 Å². The van der Waals surface area contributed by atoms with Gasteiger partial charge in [0.1, 0.15) is 5.52 Å². The highest BCUT2D eigenvalue weighted by atomic mass is 15.3. The standard InChI is InChI=1S/C14H17N5/c1-8-5-6-9(2)11(7-8)19-13-12(16-14(19)15)10(3)17-18(13)4/h5-7H,1-4H3,(H2,15,16). The lowest BCUT2D eigenvalue weighted by Crippen LogP contribution is -2.06. The van der Waals surface area contributed by atoms with Gasteiger partial charge in [0.15, 0.2) is 5.65 Å². The molecule has 2 N–H and O–H groups in total. The monoisotopic (exact) mass is 255 g/mol. The summed E-state index contributed by atoms with van der Waals surface area (Å²) in [7, 11) is 1.91. The van der Waals surface area contributed by atoms with Gasteiger partial charge in [-0.15, -0.1) is 0 Å². The van der Waals surface area contributed by atoms with Crippen molar-refractivity contribution in [2.75, 3.05) is 5.73 Å². The van der Waals surface area contributed by atoms with E-state index in [0.717, 1.165) is 28.1 Å². The Balaban J connectivity index is 2.42. The van der Waals surface area contributed by atoms with E-state index in [-0.39, 0.29) is 0 Å². The summed E-state index contributed by atoms with van der Waals surface area (Å²) in [6, 6.07) is 6.31. The van der Waals surface area contributed by atoms with Crippen molar-refractivity contribution >= 4 is 17.1 Å². The van der Waals surface area contributed by atoms with E-state index in [1.807, 2.05) is 23.2 Å². The lowest BCUT2D eigenvalue weighted by molar-refractivity contribution is 0.762. The van der Waals surface area contributed by atoms with E-state index in [1.54, 1.807) is 0 Å². The molecule has 0 radical (unpaired) electrons. The van der Waals surface area contributed by atoms with E-state index < -0.39 is 0 Å². The predicted molar refractivity (Wildman–Crippen MR) is 76.5 cm³/mol. The van der Waals surface area contributed by atoms with Gasteiger partial charge in [-0.25, -0.2) is 9.67 Å². The molecule has 0 aliphatic heterocycles. The van der Waals surface area contributed by atoms with Crippen LogP contribution in [0.1, 0.15) is 16.8 Å². The molecule has 2 heterocycles. The van der Waals surface area contributed by atoms with Gasteiger partial charge in [-0.1, -0.05) is 12.1 Å². The van der Waals surface area contributed by atoms with Crippen LogP contribution in [0.5, 0.6) is 0 Å². The first-order valence-corrected chi connectivity index (χ1v) is 6.24. The number of imidazole rings is 1. The molecule has 0 unspecified atom stereocenters. The molecule has 0 saturated carbocycles. The Morgan fingerprint density at radius 3 is 2.63 bits per heavy atom. The lowest BCUT2D eigenvalue weighted by atomic mass is 10.1. The van der Waals surface area contributed by atoms with Crippen molar-refractivity contribution in [2.45, 2.75) is 20.8 Å². The summed E-state index contributed by atoms with van der Waals surface area (Å²) in [4.78, 5) is 4.44. The molecule has 0 saturated heterocycles. The van der Waals surface area contributed by atoms with Gasteiger partial charge in [0, 0.05) is 7.05 Å². The summed E-state index contributed by atoms with van der Waals surface area (Å²) in [6.07, 6.45) is 0. The highest BCUT2D eigenvalue weighted by Crippen LogP contribution is 2.27. The van der Waals surface area contributed by atoms with Gasteiger partial charge < -0.3 is 5.73 Å². The molecular weight excluding hydrogens is 238 g/mol. The number of nitrogens with zero attached hydrogens (tertiary/aromatic N) is 4. The summed E-state index contributed by atoms with van der Waals surface area (Å²) >= 11 is 0. The van der Waals surface area contributed by atoms with Gasteiger partial charge in [0.2, 0.25) is 5.95 Å².